The van der Waals surface area contributed by atoms with Crippen molar-refractivity contribution in [3.05, 3.63) is 70.8 Å². The summed E-state index contributed by atoms with van der Waals surface area (Å²) in [6.45, 7) is 1.55. The Balaban J connectivity index is 1.49. The fourth-order valence-electron chi connectivity index (χ4n) is 3.20. The molecule has 1 saturated carbocycles. The van der Waals surface area contributed by atoms with Crippen molar-refractivity contribution >= 4 is 17.8 Å². The van der Waals surface area contributed by atoms with Crippen LogP contribution >= 0.6 is 0 Å². The van der Waals surface area contributed by atoms with E-state index in [1.165, 1.54) is 6.07 Å². The van der Waals surface area contributed by atoms with Crippen molar-refractivity contribution in [1.82, 2.24) is 5.32 Å². The molecule has 2 atom stereocenters. The van der Waals surface area contributed by atoms with Gasteiger partial charge in [-0.3, -0.25) is 4.79 Å². The predicted molar refractivity (Wildman–Crippen MR) is 101 cm³/mol. The Kier molecular flexibility index (Phi) is 4.86. The number of ether oxygens (including phenoxy) is 2. The molecule has 4 rings (SSSR count). The molecule has 0 radical (unpaired) electrons. The van der Waals surface area contributed by atoms with Crippen LogP contribution in [0.3, 0.4) is 0 Å². The Labute approximate surface area is 162 Å². The Morgan fingerprint density at radius 1 is 1.14 bits per heavy atom. The normalized spacial score (nSPS) is 19.2. The van der Waals surface area contributed by atoms with Gasteiger partial charge >= 0.3 is 11.9 Å². The van der Waals surface area contributed by atoms with Crippen molar-refractivity contribution in [2.24, 2.45) is 0 Å². The summed E-state index contributed by atoms with van der Waals surface area (Å²) in [4.78, 5) is 36.8. The van der Waals surface area contributed by atoms with Gasteiger partial charge in [0.1, 0.15) is 6.10 Å². The van der Waals surface area contributed by atoms with Crippen molar-refractivity contribution in [3.8, 4) is 0 Å². The lowest BCUT2D eigenvalue weighted by Crippen LogP contribution is -2.37. The average Bonchev–Trinajstić information content (AvgIpc) is 3.52. The lowest BCUT2D eigenvalue weighted by Gasteiger charge is -2.25. The van der Waals surface area contributed by atoms with E-state index in [9.17, 15) is 14.4 Å². The van der Waals surface area contributed by atoms with E-state index in [2.05, 4.69) is 5.32 Å². The van der Waals surface area contributed by atoms with Gasteiger partial charge in [0, 0.05) is 12.5 Å². The minimum atomic E-state index is -0.869. The standard InChI is InChI=1S/C22H21NO5/c1-13(20(24)23-17-8-9-17)27-21(25)15-7-10-18-16(11-15)12-19(28-22(18)26)14-5-3-2-4-6-14/h2-7,10-11,13,17,19H,8-9,12H2,1H3,(H,23,24)/t13-,19+/m1/s1. The second kappa shape index (κ2) is 7.46. The van der Waals surface area contributed by atoms with Crippen LogP contribution in [0.2, 0.25) is 0 Å². The topological polar surface area (TPSA) is 81.7 Å². The zero-order valence-electron chi connectivity index (χ0n) is 15.5. The molecule has 0 unspecified atom stereocenters. The second-order valence-electron chi connectivity index (χ2n) is 7.21. The number of benzene rings is 2. The van der Waals surface area contributed by atoms with Crippen molar-refractivity contribution in [2.45, 2.75) is 44.4 Å². The number of nitrogens with one attached hydrogen (secondary N) is 1. The molecule has 0 aromatic heterocycles. The number of carbonyl (C=O) groups excluding carboxylic acids is 3. The highest BCUT2D eigenvalue weighted by atomic mass is 16.6. The summed E-state index contributed by atoms with van der Waals surface area (Å²) < 4.78 is 10.8. The van der Waals surface area contributed by atoms with E-state index < -0.39 is 24.1 Å². The van der Waals surface area contributed by atoms with Crippen molar-refractivity contribution in [2.75, 3.05) is 0 Å². The number of carbonyl (C=O) groups is 3. The van der Waals surface area contributed by atoms with Crippen LogP contribution in [-0.4, -0.2) is 30.0 Å². The van der Waals surface area contributed by atoms with Crippen molar-refractivity contribution in [1.29, 1.82) is 0 Å². The molecule has 1 N–H and O–H groups in total. The van der Waals surface area contributed by atoms with E-state index in [0.717, 1.165) is 24.0 Å². The highest BCUT2D eigenvalue weighted by Gasteiger charge is 2.30. The Morgan fingerprint density at radius 3 is 2.61 bits per heavy atom. The third-order valence-electron chi connectivity index (χ3n) is 4.96. The zero-order chi connectivity index (χ0) is 19.7. The van der Waals surface area contributed by atoms with Gasteiger partial charge in [-0.1, -0.05) is 30.3 Å². The molecule has 0 spiro atoms. The molecule has 1 aliphatic heterocycles. The van der Waals surface area contributed by atoms with Gasteiger partial charge in [0.25, 0.3) is 5.91 Å². The number of fused-ring (bicyclic) bond motifs is 1. The summed E-state index contributed by atoms with van der Waals surface area (Å²) >= 11 is 0. The van der Waals surface area contributed by atoms with Gasteiger partial charge in [-0.25, -0.2) is 9.59 Å². The molecule has 6 nitrogen and oxygen atoms in total. The minimum absolute atomic E-state index is 0.207. The first-order valence-corrected chi connectivity index (χ1v) is 9.41. The molecule has 2 aromatic rings. The molecule has 1 aliphatic carbocycles. The van der Waals surface area contributed by atoms with E-state index >= 15 is 0 Å². The largest absolute Gasteiger partial charge is 0.454 e. The number of hydrogen-bond donors (Lipinski definition) is 1. The fourth-order valence-corrected chi connectivity index (χ4v) is 3.20. The van der Waals surface area contributed by atoms with Crippen LogP contribution in [0, 0.1) is 0 Å². The number of cyclic esters (lactones) is 1. The number of hydrogen-bond acceptors (Lipinski definition) is 5. The van der Waals surface area contributed by atoms with E-state index in [0.29, 0.717) is 17.5 Å². The predicted octanol–water partition coefficient (Wildman–Crippen LogP) is 2.96. The van der Waals surface area contributed by atoms with Gasteiger partial charge in [-0.05, 0) is 49.1 Å². The van der Waals surface area contributed by atoms with Crippen LogP contribution in [0.25, 0.3) is 0 Å². The molecule has 144 valence electrons. The van der Waals surface area contributed by atoms with Gasteiger partial charge < -0.3 is 14.8 Å². The first-order chi connectivity index (χ1) is 13.5. The first kappa shape index (κ1) is 18.2. The van der Waals surface area contributed by atoms with Crippen LogP contribution < -0.4 is 5.32 Å². The molecule has 1 fully saturated rings. The Bertz CT molecular complexity index is 920. The number of rotatable bonds is 5. The highest BCUT2D eigenvalue weighted by Crippen LogP contribution is 2.31. The third-order valence-corrected chi connectivity index (χ3v) is 4.96. The van der Waals surface area contributed by atoms with Gasteiger partial charge in [0.2, 0.25) is 0 Å². The zero-order valence-corrected chi connectivity index (χ0v) is 15.5. The van der Waals surface area contributed by atoms with Gasteiger partial charge in [0.15, 0.2) is 6.10 Å². The maximum Gasteiger partial charge on any atom is 0.339 e. The molecular formula is C22H21NO5. The molecule has 28 heavy (non-hydrogen) atoms. The summed E-state index contributed by atoms with van der Waals surface area (Å²) in [5.41, 5.74) is 2.39. The first-order valence-electron chi connectivity index (χ1n) is 9.41. The van der Waals surface area contributed by atoms with Crippen LogP contribution in [0.1, 0.15) is 57.7 Å². The molecule has 6 heteroatoms. The maximum absolute atomic E-state index is 12.5. The van der Waals surface area contributed by atoms with Crippen LogP contribution in [-0.2, 0) is 20.7 Å². The summed E-state index contributed by atoms with van der Waals surface area (Å²) in [5, 5.41) is 2.81. The quantitative estimate of drug-likeness (QED) is 0.808. The fraction of sp³-hybridized carbons (Fsp3) is 0.318. The highest BCUT2D eigenvalue weighted by molar-refractivity contribution is 5.96. The maximum atomic E-state index is 12.5. The summed E-state index contributed by atoms with van der Waals surface area (Å²) in [7, 11) is 0. The molecule has 2 aliphatic rings. The number of amides is 1. The summed E-state index contributed by atoms with van der Waals surface area (Å²) in [6, 6.07) is 14.4. The lowest BCUT2D eigenvalue weighted by molar-refractivity contribution is -0.129. The Hall–Kier alpha value is -3.15. The molecule has 2 aromatic carbocycles. The van der Waals surface area contributed by atoms with Crippen LogP contribution in [0.5, 0.6) is 0 Å². The van der Waals surface area contributed by atoms with Crippen LogP contribution in [0.4, 0.5) is 0 Å². The van der Waals surface area contributed by atoms with E-state index in [1.54, 1.807) is 19.1 Å². The summed E-state index contributed by atoms with van der Waals surface area (Å²) in [6.07, 6.45) is 1.15. The molecule has 1 heterocycles. The van der Waals surface area contributed by atoms with Crippen molar-refractivity contribution < 1.29 is 23.9 Å². The van der Waals surface area contributed by atoms with E-state index in [4.69, 9.17) is 9.47 Å². The SMILES string of the molecule is C[C@@H](OC(=O)c1ccc2c(c1)C[C@@H](c1ccccc1)OC2=O)C(=O)NC1CC1. The second-order valence-corrected chi connectivity index (χ2v) is 7.21. The monoisotopic (exact) mass is 379 g/mol. The summed E-state index contributed by atoms with van der Waals surface area (Å²) in [5.74, 6) is -1.29. The Morgan fingerprint density at radius 2 is 1.89 bits per heavy atom. The third kappa shape index (κ3) is 3.91. The molecule has 0 bridgehead atoms. The average molecular weight is 379 g/mol. The minimum Gasteiger partial charge on any atom is -0.454 e. The molecule has 1 amide bonds. The molecular weight excluding hydrogens is 358 g/mol. The van der Waals surface area contributed by atoms with E-state index in [1.807, 2.05) is 30.3 Å². The number of esters is 2. The van der Waals surface area contributed by atoms with Crippen molar-refractivity contribution in [3.63, 3.8) is 0 Å². The van der Waals surface area contributed by atoms with Crippen LogP contribution in [0.15, 0.2) is 48.5 Å². The molecule has 0 saturated heterocycles. The lowest BCUT2D eigenvalue weighted by atomic mass is 9.93. The smallest absolute Gasteiger partial charge is 0.339 e. The van der Waals surface area contributed by atoms with Gasteiger partial charge in [0.05, 0.1) is 11.1 Å². The van der Waals surface area contributed by atoms with Gasteiger partial charge in [-0.2, -0.15) is 0 Å². The van der Waals surface area contributed by atoms with E-state index in [-0.39, 0.29) is 11.9 Å². The van der Waals surface area contributed by atoms with Gasteiger partial charge in [-0.15, -0.1) is 0 Å².